The maximum atomic E-state index is 13.1. The van der Waals surface area contributed by atoms with E-state index < -0.39 is 0 Å². The topological polar surface area (TPSA) is 28.7 Å². The summed E-state index contributed by atoms with van der Waals surface area (Å²) in [6.45, 7) is 2.05. The van der Waals surface area contributed by atoms with Crippen LogP contribution in [0.1, 0.15) is 12.6 Å². The van der Waals surface area contributed by atoms with Gasteiger partial charge in [-0.3, -0.25) is 5.10 Å². The predicted octanol–water partition coefficient (Wildman–Crippen LogP) is 3.38. The summed E-state index contributed by atoms with van der Waals surface area (Å²) >= 11 is 2.15. The van der Waals surface area contributed by atoms with E-state index in [0.717, 1.165) is 26.9 Å². The number of hydrogen-bond acceptors (Lipinski definition) is 1. The summed E-state index contributed by atoms with van der Waals surface area (Å²) in [4.78, 5) is 0. The molecule has 0 aliphatic carbocycles. The molecule has 0 amide bonds. The average Bonchev–Trinajstić information content (AvgIpc) is 2.59. The number of aromatic nitrogens is 2. The van der Waals surface area contributed by atoms with E-state index in [2.05, 4.69) is 32.8 Å². The maximum absolute atomic E-state index is 13.1. The van der Waals surface area contributed by atoms with Crippen LogP contribution in [-0.4, -0.2) is 10.2 Å². The summed E-state index contributed by atoms with van der Waals surface area (Å²) in [6.07, 6.45) is 0.863. The monoisotopic (exact) mass is 316 g/mol. The Morgan fingerprint density at radius 3 is 2.93 bits per heavy atom. The molecule has 0 saturated carbocycles. The lowest BCUT2D eigenvalue weighted by molar-refractivity contribution is 0.628. The third kappa shape index (κ3) is 2.04. The molecule has 78 valence electrons. The van der Waals surface area contributed by atoms with Gasteiger partial charge in [-0.2, -0.15) is 5.10 Å². The van der Waals surface area contributed by atoms with E-state index in [0.29, 0.717) is 0 Å². The molecule has 1 aromatic heterocycles. The number of H-pyrrole nitrogens is 1. The molecule has 2 nitrogen and oxygen atoms in total. The first-order chi connectivity index (χ1) is 7.22. The fourth-order valence-corrected chi connectivity index (χ4v) is 2.30. The molecule has 0 bridgehead atoms. The number of nitrogens with zero attached hydrogens (tertiary/aromatic N) is 1. The van der Waals surface area contributed by atoms with Gasteiger partial charge in [0.15, 0.2) is 0 Å². The van der Waals surface area contributed by atoms with E-state index >= 15 is 0 Å². The van der Waals surface area contributed by atoms with E-state index in [4.69, 9.17) is 0 Å². The first-order valence-corrected chi connectivity index (χ1v) is 5.79. The Kier molecular flexibility index (Phi) is 3.04. The Bertz CT molecular complexity index is 479. The van der Waals surface area contributed by atoms with Crippen molar-refractivity contribution in [1.29, 1.82) is 0 Å². The van der Waals surface area contributed by atoms with Crippen molar-refractivity contribution in [3.63, 3.8) is 0 Å². The van der Waals surface area contributed by atoms with Gasteiger partial charge < -0.3 is 0 Å². The molecule has 0 saturated heterocycles. The van der Waals surface area contributed by atoms with Crippen molar-refractivity contribution < 1.29 is 4.39 Å². The third-order valence-electron chi connectivity index (χ3n) is 2.26. The van der Waals surface area contributed by atoms with E-state index in [1.54, 1.807) is 6.07 Å². The minimum Gasteiger partial charge on any atom is -0.281 e. The molecule has 4 heteroatoms. The Morgan fingerprint density at radius 1 is 1.47 bits per heavy atom. The number of nitrogens with one attached hydrogen (secondary N) is 1. The van der Waals surface area contributed by atoms with Gasteiger partial charge in [-0.1, -0.05) is 19.1 Å². The molecule has 0 aliphatic rings. The molecule has 0 unspecified atom stereocenters. The zero-order valence-corrected chi connectivity index (χ0v) is 10.4. The molecule has 2 rings (SSSR count). The van der Waals surface area contributed by atoms with Crippen LogP contribution in [0, 0.1) is 9.52 Å². The lowest BCUT2D eigenvalue weighted by atomic mass is 10.1. The summed E-state index contributed by atoms with van der Waals surface area (Å²) in [7, 11) is 0. The number of aromatic amines is 1. The standard InChI is InChI=1S/C11H10FIN2/c1-2-9-10(11(13)15-14-9)7-4-3-5-8(12)6-7/h3-6H,2H2,1H3,(H,14,15). The van der Waals surface area contributed by atoms with Crippen molar-refractivity contribution in [1.82, 2.24) is 10.2 Å². The highest BCUT2D eigenvalue weighted by atomic mass is 127. The van der Waals surface area contributed by atoms with Gasteiger partial charge in [-0.25, -0.2) is 4.39 Å². The predicted molar refractivity (Wildman–Crippen MR) is 66.1 cm³/mol. The zero-order valence-electron chi connectivity index (χ0n) is 8.22. The SMILES string of the molecule is CCc1[nH]nc(I)c1-c1cccc(F)c1. The van der Waals surface area contributed by atoms with Crippen LogP contribution in [0.5, 0.6) is 0 Å². The molecular weight excluding hydrogens is 306 g/mol. The van der Waals surface area contributed by atoms with E-state index in [9.17, 15) is 4.39 Å². The highest BCUT2D eigenvalue weighted by Gasteiger charge is 2.11. The molecule has 15 heavy (non-hydrogen) atoms. The van der Waals surface area contributed by atoms with Gasteiger partial charge in [0.2, 0.25) is 0 Å². The smallest absolute Gasteiger partial charge is 0.131 e. The third-order valence-corrected chi connectivity index (χ3v) is 3.04. The van der Waals surface area contributed by atoms with Crippen LogP contribution >= 0.6 is 22.6 Å². The van der Waals surface area contributed by atoms with Crippen LogP contribution in [0.3, 0.4) is 0 Å². The van der Waals surface area contributed by atoms with Crippen LogP contribution in [0.2, 0.25) is 0 Å². The van der Waals surface area contributed by atoms with Crippen molar-refractivity contribution in [3.8, 4) is 11.1 Å². The van der Waals surface area contributed by atoms with Gasteiger partial charge in [-0.15, -0.1) is 0 Å². The highest BCUT2D eigenvalue weighted by molar-refractivity contribution is 14.1. The Morgan fingerprint density at radius 2 is 2.27 bits per heavy atom. The van der Waals surface area contributed by atoms with Gasteiger partial charge in [0.05, 0.1) is 0 Å². The Labute approximate surface area is 101 Å². The van der Waals surface area contributed by atoms with E-state index in [1.165, 1.54) is 12.1 Å². The molecule has 0 radical (unpaired) electrons. The van der Waals surface area contributed by atoms with Crippen molar-refractivity contribution in [2.45, 2.75) is 13.3 Å². The first-order valence-electron chi connectivity index (χ1n) is 4.71. The van der Waals surface area contributed by atoms with Crippen LogP contribution in [0.4, 0.5) is 4.39 Å². The van der Waals surface area contributed by atoms with Crippen molar-refractivity contribution >= 4 is 22.6 Å². The molecule has 0 aliphatic heterocycles. The number of rotatable bonds is 2. The maximum Gasteiger partial charge on any atom is 0.131 e. The second kappa shape index (κ2) is 4.30. The van der Waals surface area contributed by atoms with E-state index in [1.807, 2.05) is 13.0 Å². The number of benzene rings is 1. The summed E-state index contributed by atoms with van der Waals surface area (Å²) in [5.41, 5.74) is 2.94. The number of aryl methyl sites for hydroxylation is 1. The highest BCUT2D eigenvalue weighted by Crippen LogP contribution is 2.27. The lowest BCUT2D eigenvalue weighted by Gasteiger charge is -2.01. The van der Waals surface area contributed by atoms with Crippen LogP contribution in [0.25, 0.3) is 11.1 Å². The summed E-state index contributed by atoms with van der Waals surface area (Å²) in [5.74, 6) is -0.216. The Balaban J connectivity index is 2.57. The lowest BCUT2D eigenvalue weighted by Crippen LogP contribution is -1.86. The number of halogens is 2. The minimum absolute atomic E-state index is 0.216. The molecular formula is C11H10FIN2. The quantitative estimate of drug-likeness (QED) is 0.846. The number of hydrogen-bond donors (Lipinski definition) is 1. The fraction of sp³-hybridized carbons (Fsp3) is 0.182. The van der Waals surface area contributed by atoms with Crippen LogP contribution < -0.4 is 0 Å². The van der Waals surface area contributed by atoms with Crippen molar-refractivity contribution in [2.75, 3.05) is 0 Å². The minimum atomic E-state index is -0.216. The second-order valence-electron chi connectivity index (χ2n) is 3.23. The van der Waals surface area contributed by atoms with E-state index in [-0.39, 0.29) is 5.82 Å². The largest absolute Gasteiger partial charge is 0.281 e. The molecule has 0 spiro atoms. The summed E-state index contributed by atoms with van der Waals surface area (Å²) in [5, 5.41) is 7.09. The molecule has 1 heterocycles. The molecule has 1 N–H and O–H groups in total. The van der Waals surface area contributed by atoms with Gasteiger partial charge in [0.1, 0.15) is 9.52 Å². The normalized spacial score (nSPS) is 10.6. The Hall–Kier alpha value is -0.910. The molecule has 1 aromatic carbocycles. The summed E-state index contributed by atoms with van der Waals surface area (Å²) in [6, 6.07) is 6.59. The van der Waals surface area contributed by atoms with Crippen molar-refractivity contribution in [2.24, 2.45) is 0 Å². The van der Waals surface area contributed by atoms with Crippen LogP contribution in [0.15, 0.2) is 24.3 Å². The van der Waals surface area contributed by atoms with Gasteiger partial charge >= 0.3 is 0 Å². The first kappa shape index (κ1) is 10.6. The molecule has 0 fully saturated rings. The van der Waals surface area contributed by atoms with Crippen molar-refractivity contribution in [3.05, 3.63) is 39.5 Å². The van der Waals surface area contributed by atoms with Gasteiger partial charge in [-0.05, 0) is 46.7 Å². The molecule has 0 atom stereocenters. The molecule has 2 aromatic rings. The summed E-state index contributed by atoms with van der Waals surface area (Å²) < 4.78 is 14.0. The average molecular weight is 316 g/mol. The van der Waals surface area contributed by atoms with Gasteiger partial charge in [0.25, 0.3) is 0 Å². The van der Waals surface area contributed by atoms with Crippen LogP contribution in [-0.2, 0) is 6.42 Å². The zero-order chi connectivity index (χ0) is 10.8. The fourth-order valence-electron chi connectivity index (χ4n) is 1.55. The van der Waals surface area contributed by atoms with Gasteiger partial charge in [0, 0.05) is 11.3 Å². The second-order valence-corrected chi connectivity index (χ2v) is 4.25.